The van der Waals surface area contributed by atoms with Crippen molar-refractivity contribution in [3.05, 3.63) is 35.4 Å². The zero-order valence-corrected chi connectivity index (χ0v) is 13.8. The molecule has 3 rings (SSSR count). The Bertz CT molecular complexity index is 455. The Morgan fingerprint density at radius 1 is 0.905 bits per heavy atom. The SMILES string of the molecule is CC1(C)CCC(NC2CCCCCCC2)c2ccccc21. The molecular formula is C20H31N. The van der Waals surface area contributed by atoms with E-state index in [0.717, 1.165) is 6.04 Å². The molecule has 21 heavy (non-hydrogen) atoms. The molecule has 0 radical (unpaired) electrons. The van der Waals surface area contributed by atoms with Gasteiger partial charge in [0.15, 0.2) is 0 Å². The monoisotopic (exact) mass is 285 g/mol. The number of rotatable bonds is 2. The summed E-state index contributed by atoms with van der Waals surface area (Å²) in [4.78, 5) is 0. The molecular weight excluding hydrogens is 254 g/mol. The highest BCUT2D eigenvalue weighted by molar-refractivity contribution is 5.38. The van der Waals surface area contributed by atoms with E-state index in [-0.39, 0.29) is 0 Å². The Kier molecular flexibility index (Phi) is 4.69. The Hall–Kier alpha value is -0.820. The van der Waals surface area contributed by atoms with Crippen molar-refractivity contribution in [2.45, 2.75) is 89.1 Å². The second-order valence-electron chi connectivity index (χ2n) is 7.77. The normalized spacial score (nSPS) is 26.7. The Balaban J connectivity index is 1.74. The molecule has 1 unspecified atom stereocenters. The van der Waals surface area contributed by atoms with Gasteiger partial charge in [-0.05, 0) is 42.2 Å². The lowest BCUT2D eigenvalue weighted by atomic mass is 9.71. The summed E-state index contributed by atoms with van der Waals surface area (Å²) < 4.78 is 0. The molecule has 0 aliphatic heterocycles. The van der Waals surface area contributed by atoms with Gasteiger partial charge in [0.2, 0.25) is 0 Å². The largest absolute Gasteiger partial charge is 0.307 e. The van der Waals surface area contributed by atoms with Crippen LogP contribution in [0, 0.1) is 0 Å². The highest BCUT2D eigenvalue weighted by Crippen LogP contribution is 2.41. The molecule has 0 spiro atoms. The summed E-state index contributed by atoms with van der Waals surface area (Å²) in [6.45, 7) is 4.80. The fourth-order valence-electron chi connectivity index (χ4n) is 4.29. The molecule has 1 nitrogen and oxygen atoms in total. The van der Waals surface area contributed by atoms with Gasteiger partial charge in [-0.3, -0.25) is 0 Å². The molecule has 1 fully saturated rings. The second-order valence-corrected chi connectivity index (χ2v) is 7.77. The minimum atomic E-state index is 0.343. The summed E-state index contributed by atoms with van der Waals surface area (Å²) in [5.41, 5.74) is 3.48. The lowest BCUT2D eigenvalue weighted by Gasteiger charge is -2.39. The molecule has 1 heteroatoms. The van der Waals surface area contributed by atoms with E-state index in [1.807, 2.05) is 0 Å². The van der Waals surface area contributed by atoms with Crippen LogP contribution < -0.4 is 5.32 Å². The maximum Gasteiger partial charge on any atom is 0.0325 e. The fraction of sp³-hybridized carbons (Fsp3) is 0.700. The average molecular weight is 285 g/mol. The third-order valence-corrected chi connectivity index (χ3v) is 5.67. The molecule has 0 saturated heterocycles. The first kappa shape index (κ1) is 15.1. The van der Waals surface area contributed by atoms with Crippen molar-refractivity contribution in [2.75, 3.05) is 0 Å². The summed E-state index contributed by atoms with van der Waals surface area (Å²) in [6.07, 6.45) is 12.5. The van der Waals surface area contributed by atoms with Crippen LogP contribution in [-0.2, 0) is 5.41 Å². The molecule has 1 aromatic carbocycles. The zero-order valence-electron chi connectivity index (χ0n) is 13.8. The van der Waals surface area contributed by atoms with Crippen LogP contribution in [0.15, 0.2) is 24.3 Å². The molecule has 0 amide bonds. The summed E-state index contributed by atoms with van der Waals surface area (Å²) in [5, 5.41) is 4.02. The van der Waals surface area contributed by atoms with Crippen LogP contribution in [0.2, 0.25) is 0 Å². The molecule has 0 bridgehead atoms. The van der Waals surface area contributed by atoms with E-state index >= 15 is 0 Å². The van der Waals surface area contributed by atoms with E-state index in [1.165, 1.54) is 57.8 Å². The maximum absolute atomic E-state index is 4.02. The van der Waals surface area contributed by atoms with E-state index in [0.29, 0.717) is 11.5 Å². The molecule has 1 aromatic rings. The van der Waals surface area contributed by atoms with Gasteiger partial charge >= 0.3 is 0 Å². The minimum Gasteiger partial charge on any atom is -0.307 e. The Morgan fingerprint density at radius 3 is 2.33 bits per heavy atom. The standard InChI is InChI=1S/C20H31N/c1-20(2)15-14-19(17-12-8-9-13-18(17)20)21-16-10-6-4-3-5-7-11-16/h8-9,12-13,16,19,21H,3-7,10-11,14-15H2,1-2H3. The molecule has 0 heterocycles. The first-order chi connectivity index (χ1) is 10.2. The van der Waals surface area contributed by atoms with Gasteiger partial charge in [-0.2, -0.15) is 0 Å². The summed E-state index contributed by atoms with van der Waals surface area (Å²) in [5.74, 6) is 0. The van der Waals surface area contributed by atoms with E-state index in [1.54, 1.807) is 11.1 Å². The highest BCUT2D eigenvalue weighted by atomic mass is 15.0. The first-order valence-corrected chi connectivity index (χ1v) is 9.02. The van der Waals surface area contributed by atoms with Gasteiger partial charge in [0.05, 0.1) is 0 Å². The van der Waals surface area contributed by atoms with Crippen LogP contribution >= 0.6 is 0 Å². The maximum atomic E-state index is 4.02. The Morgan fingerprint density at radius 2 is 1.57 bits per heavy atom. The van der Waals surface area contributed by atoms with Crippen molar-refractivity contribution >= 4 is 0 Å². The van der Waals surface area contributed by atoms with E-state index < -0.39 is 0 Å². The van der Waals surface area contributed by atoms with Crippen molar-refractivity contribution in [3.8, 4) is 0 Å². The third-order valence-electron chi connectivity index (χ3n) is 5.67. The molecule has 116 valence electrons. The van der Waals surface area contributed by atoms with Gasteiger partial charge < -0.3 is 5.32 Å². The smallest absolute Gasteiger partial charge is 0.0325 e. The van der Waals surface area contributed by atoms with Crippen LogP contribution in [0.5, 0.6) is 0 Å². The molecule has 1 saturated carbocycles. The van der Waals surface area contributed by atoms with Gasteiger partial charge in [-0.25, -0.2) is 0 Å². The van der Waals surface area contributed by atoms with Crippen molar-refractivity contribution in [1.29, 1.82) is 0 Å². The summed E-state index contributed by atoms with van der Waals surface area (Å²) >= 11 is 0. The van der Waals surface area contributed by atoms with Crippen LogP contribution in [-0.4, -0.2) is 6.04 Å². The second kappa shape index (κ2) is 6.52. The van der Waals surface area contributed by atoms with E-state index in [4.69, 9.17) is 0 Å². The predicted octanol–water partition coefficient (Wildman–Crippen LogP) is 5.50. The van der Waals surface area contributed by atoms with Gasteiger partial charge in [0.1, 0.15) is 0 Å². The summed E-state index contributed by atoms with van der Waals surface area (Å²) in [6, 6.07) is 10.5. The van der Waals surface area contributed by atoms with Crippen LogP contribution in [0.3, 0.4) is 0 Å². The number of fused-ring (bicyclic) bond motifs is 1. The van der Waals surface area contributed by atoms with Gasteiger partial charge in [-0.1, -0.05) is 70.2 Å². The average Bonchev–Trinajstić information content (AvgIpc) is 2.44. The molecule has 2 aliphatic rings. The number of hydrogen-bond acceptors (Lipinski definition) is 1. The first-order valence-electron chi connectivity index (χ1n) is 9.02. The third kappa shape index (κ3) is 3.51. The lowest BCUT2D eigenvalue weighted by Crippen LogP contribution is -2.38. The van der Waals surface area contributed by atoms with Gasteiger partial charge in [0, 0.05) is 12.1 Å². The molecule has 0 aromatic heterocycles. The van der Waals surface area contributed by atoms with Crippen molar-refractivity contribution in [1.82, 2.24) is 5.32 Å². The predicted molar refractivity (Wildman–Crippen MR) is 90.7 cm³/mol. The van der Waals surface area contributed by atoms with E-state index in [2.05, 4.69) is 43.4 Å². The molecule has 1 atom stereocenters. The van der Waals surface area contributed by atoms with Crippen molar-refractivity contribution in [3.63, 3.8) is 0 Å². The molecule has 1 N–H and O–H groups in total. The zero-order chi connectivity index (χ0) is 14.7. The van der Waals surface area contributed by atoms with Crippen molar-refractivity contribution in [2.24, 2.45) is 0 Å². The van der Waals surface area contributed by atoms with Crippen LogP contribution in [0.25, 0.3) is 0 Å². The number of nitrogens with one attached hydrogen (secondary N) is 1. The topological polar surface area (TPSA) is 12.0 Å². The van der Waals surface area contributed by atoms with Gasteiger partial charge in [-0.15, -0.1) is 0 Å². The molecule has 2 aliphatic carbocycles. The quantitative estimate of drug-likeness (QED) is 0.756. The fourth-order valence-corrected chi connectivity index (χ4v) is 4.29. The van der Waals surface area contributed by atoms with E-state index in [9.17, 15) is 0 Å². The highest BCUT2D eigenvalue weighted by Gasteiger charge is 2.32. The minimum absolute atomic E-state index is 0.343. The van der Waals surface area contributed by atoms with Crippen LogP contribution in [0.1, 0.15) is 88.8 Å². The van der Waals surface area contributed by atoms with Crippen molar-refractivity contribution < 1.29 is 0 Å². The summed E-state index contributed by atoms with van der Waals surface area (Å²) in [7, 11) is 0. The van der Waals surface area contributed by atoms with Gasteiger partial charge in [0.25, 0.3) is 0 Å². The number of benzene rings is 1. The lowest BCUT2D eigenvalue weighted by molar-refractivity contribution is 0.303. The Labute approximate surface area is 130 Å². The number of hydrogen-bond donors (Lipinski definition) is 1. The van der Waals surface area contributed by atoms with Crippen LogP contribution in [0.4, 0.5) is 0 Å².